The Kier molecular flexibility index (Phi) is 7.97. The molecular formula is C19H21BrF4N6O3. The number of alkyl halides is 4. The third-order valence-corrected chi connectivity index (χ3v) is 5.07. The van der Waals surface area contributed by atoms with Crippen LogP contribution in [0.5, 0.6) is 0 Å². The van der Waals surface area contributed by atoms with Gasteiger partial charge in [-0.3, -0.25) is 19.9 Å². The van der Waals surface area contributed by atoms with Gasteiger partial charge in [-0.1, -0.05) is 0 Å². The van der Waals surface area contributed by atoms with Gasteiger partial charge in [0.25, 0.3) is 0 Å². The molecule has 0 bridgehead atoms. The number of carbonyl (C=O) groups excluding carboxylic acids is 2. The highest BCUT2D eigenvalue weighted by Gasteiger charge is 2.55. The number of nitrogens with one attached hydrogen (secondary N) is 3. The van der Waals surface area contributed by atoms with Crippen LogP contribution in [0, 0.1) is 0 Å². The molecule has 0 heterocycles. The van der Waals surface area contributed by atoms with Crippen LogP contribution in [-0.2, 0) is 4.84 Å². The minimum atomic E-state index is -4.52. The molecule has 0 spiro atoms. The summed E-state index contributed by atoms with van der Waals surface area (Å²) in [6, 6.07) is 5.98. The molecule has 180 valence electrons. The first-order chi connectivity index (χ1) is 15.3. The van der Waals surface area contributed by atoms with E-state index >= 15 is 0 Å². The SMILES string of the molecule is CONc1cc(C(N)=O)cc(Br)c1NCC(F)(F)C(F)(F)CNc1ccc(C(N)=O)cc1N. The van der Waals surface area contributed by atoms with E-state index in [0.29, 0.717) is 0 Å². The molecule has 0 unspecified atom stereocenters. The monoisotopic (exact) mass is 536 g/mol. The van der Waals surface area contributed by atoms with E-state index in [2.05, 4.69) is 32.0 Å². The van der Waals surface area contributed by atoms with Crippen LogP contribution in [0.1, 0.15) is 20.7 Å². The van der Waals surface area contributed by atoms with Crippen molar-refractivity contribution in [3.05, 3.63) is 45.9 Å². The van der Waals surface area contributed by atoms with Crippen LogP contribution < -0.4 is 33.3 Å². The molecule has 0 atom stereocenters. The Bertz CT molecular complexity index is 1050. The van der Waals surface area contributed by atoms with E-state index in [1.54, 1.807) is 0 Å². The molecule has 0 aliphatic heterocycles. The molecule has 0 aliphatic rings. The number of halogens is 5. The van der Waals surface area contributed by atoms with Crippen LogP contribution in [0.2, 0.25) is 0 Å². The van der Waals surface area contributed by atoms with E-state index in [1.807, 2.05) is 0 Å². The standard InChI is InChI=1S/C19H21BrF4N6O3/c1-33-30-14-6-10(17(27)32)4-11(20)15(14)29-8-19(23,24)18(21,22)7-28-13-3-2-9(16(26)31)5-12(13)25/h2-6,28-30H,7-8,25H2,1H3,(H2,26,31)(H2,27,32). The molecule has 0 saturated carbocycles. The van der Waals surface area contributed by atoms with Gasteiger partial charge in [-0.05, 0) is 46.3 Å². The number of primary amides is 2. The van der Waals surface area contributed by atoms with E-state index in [4.69, 9.17) is 22.0 Å². The first-order valence-electron chi connectivity index (χ1n) is 9.14. The van der Waals surface area contributed by atoms with Crippen molar-refractivity contribution in [1.29, 1.82) is 0 Å². The summed E-state index contributed by atoms with van der Waals surface area (Å²) in [4.78, 5) is 27.2. The Morgan fingerprint density at radius 2 is 1.52 bits per heavy atom. The van der Waals surface area contributed by atoms with Crippen molar-refractivity contribution in [3.63, 3.8) is 0 Å². The fourth-order valence-electron chi connectivity index (χ4n) is 2.66. The van der Waals surface area contributed by atoms with Crippen molar-refractivity contribution in [2.45, 2.75) is 11.8 Å². The molecule has 33 heavy (non-hydrogen) atoms. The highest BCUT2D eigenvalue weighted by atomic mass is 79.9. The highest BCUT2D eigenvalue weighted by Crippen LogP contribution is 2.38. The number of rotatable bonds is 11. The molecule has 0 fully saturated rings. The van der Waals surface area contributed by atoms with Crippen LogP contribution in [0.3, 0.4) is 0 Å². The number of amides is 2. The van der Waals surface area contributed by atoms with Gasteiger partial charge in [0.1, 0.15) is 0 Å². The molecule has 9 nitrogen and oxygen atoms in total. The lowest BCUT2D eigenvalue weighted by Gasteiger charge is -2.28. The fraction of sp³-hybridized carbons (Fsp3) is 0.263. The number of hydrogen-bond acceptors (Lipinski definition) is 7. The third kappa shape index (κ3) is 6.16. The smallest absolute Gasteiger partial charge is 0.328 e. The van der Waals surface area contributed by atoms with Crippen LogP contribution in [-0.4, -0.2) is 43.9 Å². The van der Waals surface area contributed by atoms with Crippen LogP contribution in [0.4, 0.5) is 40.3 Å². The summed E-state index contributed by atoms with van der Waals surface area (Å²) in [7, 11) is 1.23. The summed E-state index contributed by atoms with van der Waals surface area (Å²) >= 11 is 3.08. The zero-order valence-electron chi connectivity index (χ0n) is 17.1. The van der Waals surface area contributed by atoms with Crippen molar-refractivity contribution < 1.29 is 32.0 Å². The molecule has 0 radical (unpaired) electrons. The number of hydrogen-bond donors (Lipinski definition) is 6. The van der Waals surface area contributed by atoms with Crippen molar-refractivity contribution >= 4 is 50.5 Å². The summed E-state index contributed by atoms with van der Waals surface area (Å²) in [5.74, 6) is -10.6. The second kappa shape index (κ2) is 10.1. The molecule has 0 saturated heterocycles. The lowest BCUT2D eigenvalue weighted by molar-refractivity contribution is -0.191. The average molecular weight is 537 g/mol. The predicted octanol–water partition coefficient (Wildman–Crippen LogP) is 3.00. The molecule has 2 aromatic rings. The summed E-state index contributed by atoms with van der Waals surface area (Å²) in [5, 5.41) is 4.39. The minimum Gasteiger partial charge on any atom is -0.397 e. The first kappa shape index (κ1) is 26.0. The summed E-state index contributed by atoms with van der Waals surface area (Å²) in [5.41, 5.74) is 18.1. The average Bonchev–Trinajstić information content (AvgIpc) is 2.71. The number of anilines is 4. The Balaban J connectivity index is 2.16. The van der Waals surface area contributed by atoms with Gasteiger partial charge in [0.15, 0.2) is 0 Å². The van der Waals surface area contributed by atoms with E-state index in [-0.39, 0.29) is 38.3 Å². The minimum absolute atomic E-state index is 0.0141. The Morgan fingerprint density at radius 1 is 0.939 bits per heavy atom. The lowest BCUT2D eigenvalue weighted by atomic mass is 10.1. The fourth-order valence-corrected chi connectivity index (χ4v) is 3.26. The quantitative estimate of drug-likeness (QED) is 0.146. The molecule has 2 amide bonds. The Hall–Kier alpha value is -3.26. The van der Waals surface area contributed by atoms with E-state index in [0.717, 1.165) is 6.07 Å². The third-order valence-electron chi connectivity index (χ3n) is 4.45. The van der Waals surface area contributed by atoms with Crippen LogP contribution in [0.25, 0.3) is 0 Å². The van der Waals surface area contributed by atoms with E-state index < -0.39 is 36.7 Å². The zero-order valence-corrected chi connectivity index (χ0v) is 18.7. The van der Waals surface area contributed by atoms with Gasteiger partial charge < -0.3 is 27.8 Å². The van der Waals surface area contributed by atoms with Gasteiger partial charge in [-0.15, -0.1) is 0 Å². The van der Waals surface area contributed by atoms with Gasteiger partial charge in [-0.2, -0.15) is 17.6 Å². The summed E-state index contributed by atoms with van der Waals surface area (Å²) in [6.45, 7) is -2.92. The Morgan fingerprint density at radius 3 is 2.03 bits per heavy atom. The molecule has 0 aromatic heterocycles. The largest absolute Gasteiger partial charge is 0.397 e. The zero-order chi connectivity index (χ0) is 25.0. The molecule has 2 rings (SSSR count). The maximum Gasteiger partial charge on any atom is 0.328 e. The number of nitrogen functional groups attached to an aromatic ring is 1. The predicted molar refractivity (Wildman–Crippen MR) is 120 cm³/mol. The van der Waals surface area contributed by atoms with Crippen LogP contribution >= 0.6 is 15.9 Å². The van der Waals surface area contributed by atoms with Gasteiger partial charge in [0.05, 0.1) is 42.9 Å². The highest BCUT2D eigenvalue weighted by molar-refractivity contribution is 9.10. The van der Waals surface area contributed by atoms with Gasteiger partial charge in [-0.25, -0.2) is 0 Å². The molecule has 2 aromatic carbocycles. The maximum absolute atomic E-state index is 14.4. The van der Waals surface area contributed by atoms with Crippen molar-refractivity contribution in [3.8, 4) is 0 Å². The molecular weight excluding hydrogens is 516 g/mol. The topological polar surface area (TPSA) is 158 Å². The molecule has 9 N–H and O–H groups in total. The number of benzene rings is 2. The van der Waals surface area contributed by atoms with E-state index in [9.17, 15) is 27.2 Å². The Labute approximate surface area is 194 Å². The first-order valence-corrected chi connectivity index (χ1v) is 9.93. The number of carbonyl (C=O) groups is 2. The van der Waals surface area contributed by atoms with Crippen LogP contribution in [0.15, 0.2) is 34.8 Å². The maximum atomic E-state index is 14.4. The van der Waals surface area contributed by atoms with Crippen molar-refractivity contribution in [2.75, 3.05) is 42.0 Å². The van der Waals surface area contributed by atoms with E-state index in [1.165, 1.54) is 31.4 Å². The summed E-state index contributed by atoms with van der Waals surface area (Å²) in [6.07, 6.45) is 0. The van der Waals surface area contributed by atoms with Gasteiger partial charge in [0, 0.05) is 15.6 Å². The second-order valence-electron chi connectivity index (χ2n) is 6.83. The molecule has 14 heteroatoms. The normalized spacial score (nSPS) is 11.7. The van der Waals surface area contributed by atoms with Gasteiger partial charge >= 0.3 is 11.8 Å². The van der Waals surface area contributed by atoms with Crippen molar-refractivity contribution in [1.82, 2.24) is 0 Å². The lowest BCUT2D eigenvalue weighted by Crippen LogP contribution is -2.50. The summed E-state index contributed by atoms with van der Waals surface area (Å²) < 4.78 is 57.7. The number of nitrogens with two attached hydrogens (primary N) is 3. The van der Waals surface area contributed by atoms with Crippen molar-refractivity contribution in [2.24, 2.45) is 11.5 Å². The second-order valence-corrected chi connectivity index (χ2v) is 7.69. The molecule has 0 aliphatic carbocycles. The van der Waals surface area contributed by atoms with Gasteiger partial charge in [0.2, 0.25) is 11.8 Å².